The number of halogens is 2. The first kappa shape index (κ1) is 14.7. The van der Waals surface area contributed by atoms with Crippen LogP contribution in [0.15, 0.2) is 18.2 Å². The zero-order valence-electron chi connectivity index (χ0n) is 12.3. The van der Waals surface area contributed by atoms with Crippen molar-refractivity contribution in [3.8, 4) is 0 Å². The van der Waals surface area contributed by atoms with Crippen molar-refractivity contribution in [3.05, 3.63) is 29.8 Å². The van der Waals surface area contributed by atoms with Gasteiger partial charge in [0.1, 0.15) is 11.6 Å². The lowest BCUT2D eigenvalue weighted by atomic mass is 9.99. The Labute approximate surface area is 124 Å². The quantitative estimate of drug-likeness (QED) is 0.921. The van der Waals surface area contributed by atoms with Crippen molar-refractivity contribution in [1.29, 1.82) is 0 Å². The number of rotatable bonds is 3. The predicted molar refractivity (Wildman–Crippen MR) is 80.6 cm³/mol. The molecule has 0 spiro atoms. The molecule has 0 aliphatic carbocycles. The van der Waals surface area contributed by atoms with E-state index in [9.17, 15) is 8.78 Å². The Hall–Kier alpha value is -1.20. The molecular weight excluding hydrogens is 272 g/mol. The SMILES string of the molecule is Fc1ccc(N2CCN(CC3CCCNC3)CC2)c(F)c1. The van der Waals surface area contributed by atoms with Gasteiger partial charge >= 0.3 is 0 Å². The van der Waals surface area contributed by atoms with Crippen LogP contribution >= 0.6 is 0 Å². The molecule has 21 heavy (non-hydrogen) atoms. The van der Waals surface area contributed by atoms with E-state index in [4.69, 9.17) is 0 Å². The Morgan fingerprint density at radius 2 is 1.95 bits per heavy atom. The zero-order chi connectivity index (χ0) is 14.7. The van der Waals surface area contributed by atoms with Gasteiger partial charge in [0.25, 0.3) is 0 Å². The number of anilines is 1. The van der Waals surface area contributed by atoms with Crippen LogP contribution in [0, 0.1) is 17.6 Å². The molecule has 0 aromatic heterocycles. The highest BCUT2D eigenvalue weighted by atomic mass is 19.1. The van der Waals surface area contributed by atoms with Crippen LogP contribution in [-0.2, 0) is 0 Å². The van der Waals surface area contributed by atoms with Crippen LogP contribution in [0.4, 0.5) is 14.5 Å². The van der Waals surface area contributed by atoms with E-state index in [0.29, 0.717) is 5.69 Å². The number of piperidine rings is 1. The molecule has 0 saturated carbocycles. The smallest absolute Gasteiger partial charge is 0.149 e. The van der Waals surface area contributed by atoms with E-state index < -0.39 is 11.6 Å². The van der Waals surface area contributed by atoms with Gasteiger partial charge in [-0.3, -0.25) is 4.90 Å². The molecule has 2 saturated heterocycles. The van der Waals surface area contributed by atoms with Gasteiger partial charge in [0.05, 0.1) is 5.69 Å². The van der Waals surface area contributed by atoms with Gasteiger partial charge in [0.2, 0.25) is 0 Å². The van der Waals surface area contributed by atoms with E-state index in [1.54, 1.807) is 6.07 Å². The van der Waals surface area contributed by atoms with Gasteiger partial charge in [-0.05, 0) is 44.0 Å². The third-order valence-electron chi connectivity index (χ3n) is 4.54. The average Bonchev–Trinajstić information content (AvgIpc) is 2.49. The van der Waals surface area contributed by atoms with E-state index in [1.807, 2.05) is 4.90 Å². The predicted octanol–water partition coefficient (Wildman–Crippen LogP) is 2.09. The maximum absolute atomic E-state index is 13.8. The molecule has 0 radical (unpaired) electrons. The monoisotopic (exact) mass is 295 g/mol. The Balaban J connectivity index is 1.52. The summed E-state index contributed by atoms with van der Waals surface area (Å²) in [5.74, 6) is -0.229. The first-order chi connectivity index (χ1) is 10.2. The van der Waals surface area contributed by atoms with Crippen LogP contribution in [0.3, 0.4) is 0 Å². The number of benzene rings is 1. The van der Waals surface area contributed by atoms with Crippen molar-refractivity contribution in [2.75, 3.05) is 50.7 Å². The molecule has 3 nitrogen and oxygen atoms in total. The minimum absolute atomic E-state index is 0.458. The van der Waals surface area contributed by atoms with Crippen molar-refractivity contribution in [3.63, 3.8) is 0 Å². The summed E-state index contributed by atoms with van der Waals surface area (Å²) in [5.41, 5.74) is 0.524. The maximum atomic E-state index is 13.8. The Kier molecular flexibility index (Phi) is 4.70. The molecule has 2 aliphatic heterocycles. The second kappa shape index (κ2) is 6.71. The van der Waals surface area contributed by atoms with Gasteiger partial charge in [-0.25, -0.2) is 8.78 Å². The van der Waals surface area contributed by atoms with Crippen molar-refractivity contribution in [1.82, 2.24) is 10.2 Å². The minimum Gasteiger partial charge on any atom is -0.367 e. The Morgan fingerprint density at radius 1 is 1.14 bits per heavy atom. The molecule has 1 unspecified atom stereocenters. The van der Waals surface area contributed by atoms with Crippen LogP contribution in [0.25, 0.3) is 0 Å². The van der Waals surface area contributed by atoms with Gasteiger partial charge in [-0.15, -0.1) is 0 Å². The molecule has 3 rings (SSSR count). The van der Waals surface area contributed by atoms with E-state index in [-0.39, 0.29) is 0 Å². The lowest BCUT2D eigenvalue weighted by Gasteiger charge is -2.38. The number of nitrogens with zero attached hydrogens (tertiary/aromatic N) is 2. The van der Waals surface area contributed by atoms with Crippen molar-refractivity contribution in [2.45, 2.75) is 12.8 Å². The number of hydrogen-bond acceptors (Lipinski definition) is 3. The number of nitrogens with one attached hydrogen (secondary N) is 1. The Morgan fingerprint density at radius 3 is 2.62 bits per heavy atom. The van der Waals surface area contributed by atoms with Crippen molar-refractivity contribution in [2.24, 2.45) is 5.92 Å². The van der Waals surface area contributed by atoms with Crippen LogP contribution in [0.1, 0.15) is 12.8 Å². The second-order valence-corrected chi connectivity index (χ2v) is 6.10. The van der Waals surface area contributed by atoms with E-state index in [1.165, 1.54) is 18.9 Å². The third-order valence-corrected chi connectivity index (χ3v) is 4.54. The van der Waals surface area contributed by atoms with Gasteiger partial charge in [0, 0.05) is 38.8 Å². The molecule has 2 aliphatic rings. The summed E-state index contributed by atoms with van der Waals surface area (Å²) in [6.45, 7) is 6.92. The van der Waals surface area contributed by atoms with Crippen LogP contribution in [-0.4, -0.2) is 50.7 Å². The average molecular weight is 295 g/mol. The first-order valence-corrected chi connectivity index (χ1v) is 7.85. The highest BCUT2D eigenvalue weighted by molar-refractivity contribution is 5.48. The molecule has 1 aromatic rings. The standard InChI is InChI=1S/C16H23F2N3/c17-14-3-4-16(15(18)10-14)21-8-6-20(7-9-21)12-13-2-1-5-19-11-13/h3-4,10,13,19H,1-2,5-9,11-12H2. The molecule has 0 bridgehead atoms. The summed E-state index contributed by atoms with van der Waals surface area (Å²) in [7, 11) is 0. The lowest BCUT2D eigenvalue weighted by molar-refractivity contribution is 0.198. The summed E-state index contributed by atoms with van der Waals surface area (Å²) in [4.78, 5) is 4.49. The molecule has 1 N–H and O–H groups in total. The molecule has 2 heterocycles. The number of piperazine rings is 1. The topological polar surface area (TPSA) is 18.5 Å². The third kappa shape index (κ3) is 3.71. The Bertz CT molecular complexity index is 467. The van der Waals surface area contributed by atoms with Crippen LogP contribution in [0.5, 0.6) is 0 Å². The van der Waals surface area contributed by atoms with E-state index >= 15 is 0 Å². The van der Waals surface area contributed by atoms with Crippen molar-refractivity contribution < 1.29 is 8.78 Å². The van der Waals surface area contributed by atoms with Crippen LogP contribution in [0.2, 0.25) is 0 Å². The largest absolute Gasteiger partial charge is 0.367 e. The molecule has 5 heteroatoms. The molecule has 1 atom stereocenters. The summed E-state index contributed by atoms with van der Waals surface area (Å²) in [6.07, 6.45) is 2.57. The first-order valence-electron chi connectivity index (χ1n) is 7.85. The highest BCUT2D eigenvalue weighted by Crippen LogP contribution is 2.22. The van der Waals surface area contributed by atoms with Gasteiger partial charge in [-0.1, -0.05) is 0 Å². The lowest BCUT2D eigenvalue weighted by Crippen LogP contribution is -2.49. The molecule has 0 amide bonds. The fraction of sp³-hybridized carbons (Fsp3) is 0.625. The molecule has 116 valence electrons. The number of hydrogen-bond donors (Lipinski definition) is 1. The fourth-order valence-corrected chi connectivity index (χ4v) is 3.35. The minimum atomic E-state index is -0.514. The molecular formula is C16H23F2N3. The van der Waals surface area contributed by atoms with Crippen LogP contribution < -0.4 is 10.2 Å². The summed E-state index contributed by atoms with van der Waals surface area (Å²) < 4.78 is 26.8. The maximum Gasteiger partial charge on any atom is 0.149 e. The fourth-order valence-electron chi connectivity index (χ4n) is 3.35. The van der Waals surface area contributed by atoms with E-state index in [0.717, 1.165) is 57.8 Å². The molecule has 2 fully saturated rings. The molecule has 1 aromatic carbocycles. The summed E-state index contributed by atoms with van der Waals surface area (Å²) >= 11 is 0. The zero-order valence-corrected chi connectivity index (χ0v) is 12.3. The normalized spacial score (nSPS) is 24.3. The van der Waals surface area contributed by atoms with E-state index in [2.05, 4.69) is 10.2 Å². The van der Waals surface area contributed by atoms with Crippen molar-refractivity contribution >= 4 is 5.69 Å². The van der Waals surface area contributed by atoms with Gasteiger partial charge in [-0.2, -0.15) is 0 Å². The van der Waals surface area contributed by atoms with Gasteiger partial charge < -0.3 is 10.2 Å². The highest BCUT2D eigenvalue weighted by Gasteiger charge is 2.22. The second-order valence-electron chi connectivity index (χ2n) is 6.10. The summed E-state index contributed by atoms with van der Waals surface area (Å²) in [5, 5.41) is 3.45. The van der Waals surface area contributed by atoms with Gasteiger partial charge in [0.15, 0.2) is 0 Å². The summed E-state index contributed by atoms with van der Waals surface area (Å²) in [6, 6.07) is 3.85.